The van der Waals surface area contributed by atoms with E-state index in [0.717, 1.165) is 44.0 Å². The van der Waals surface area contributed by atoms with E-state index in [2.05, 4.69) is 4.90 Å². The van der Waals surface area contributed by atoms with E-state index in [9.17, 15) is 14.7 Å². The number of hydrogen-bond acceptors (Lipinski definition) is 4. The molecule has 148 valence electrons. The van der Waals surface area contributed by atoms with Crippen molar-refractivity contribution < 1.29 is 19.4 Å². The van der Waals surface area contributed by atoms with Crippen LogP contribution >= 0.6 is 0 Å². The van der Waals surface area contributed by atoms with E-state index in [0.29, 0.717) is 18.5 Å². The largest absolute Gasteiger partial charge is 0.480 e. The second-order valence-electron chi connectivity index (χ2n) is 6.94. The van der Waals surface area contributed by atoms with Crippen LogP contribution in [0.2, 0.25) is 0 Å². The fourth-order valence-electron chi connectivity index (χ4n) is 3.28. The zero-order valence-corrected chi connectivity index (χ0v) is 15.9. The maximum atomic E-state index is 12.8. The van der Waals surface area contributed by atoms with Gasteiger partial charge in [0.15, 0.2) is 0 Å². The Bertz CT molecular complexity index is 771. The number of hydrogen-bond donors (Lipinski definition) is 1. The summed E-state index contributed by atoms with van der Waals surface area (Å²) in [5, 5.41) is 9.19. The van der Waals surface area contributed by atoms with E-state index in [1.165, 1.54) is 4.90 Å². The highest BCUT2D eigenvalue weighted by atomic mass is 16.5. The average molecular weight is 382 g/mol. The summed E-state index contributed by atoms with van der Waals surface area (Å²) in [6.45, 7) is 4.21. The molecule has 6 heteroatoms. The number of nitrogens with zero attached hydrogens (tertiary/aromatic N) is 2. The van der Waals surface area contributed by atoms with Crippen LogP contribution in [0, 0.1) is 0 Å². The molecule has 0 radical (unpaired) electrons. The quantitative estimate of drug-likeness (QED) is 0.759. The minimum atomic E-state index is -1.01. The van der Waals surface area contributed by atoms with Gasteiger partial charge in [-0.1, -0.05) is 42.5 Å². The SMILES string of the molecule is O=C(O)CN(CCc1ccccc1)C(=O)c1ccc(CN2CCOCC2)cc1. The van der Waals surface area contributed by atoms with Gasteiger partial charge in [0.2, 0.25) is 0 Å². The fraction of sp³-hybridized carbons (Fsp3) is 0.364. The zero-order valence-electron chi connectivity index (χ0n) is 15.9. The molecule has 1 N–H and O–H groups in total. The maximum absolute atomic E-state index is 12.8. The second-order valence-corrected chi connectivity index (χ2v) is 6.94. The number of carboxylic acid groups (broad SMARTS) is 1. The Kier molecular flexibility index (Phi) is 7.17. The topological polar surface area (TPSA) is 70.1 Å². The third kappa shape index (κ3) is 5.90. The summed E-state index contributed by atoms with van der Waals surface area (Å²) < 4.78 is 5.36. The van der Waals surface area contributed by atoms with Crippen molar-refractivity contribution in [3.05, 3.63) is 71.3 Å². The molecular formula is C22H26N2O4. The first-order chi connectivity index (χ1) is 13.6. The Hall–Kier alpha value is -2.70. The summed E-state index contributed by atoms with van der Waals surface area (Å²) >= 11 is 0. The standard InChI is InChI=1S/C22H26N2O4/c25-21(26)17-24(11-10-18-4-2-1-3-5-18)22(27)20-8-6-19(7-9-20)16-23-12-14-28-15-13-23/h1-9H,10-17H2,(H,25,26). The number of aliphatic carboxylic acids is 1. The van der Waals surface area contributed by atoms with Crippen LogP contribution in [-0.2, 0) is 22.5 Å². The molecule has 6 nitrogen and oxygen atoms in total. The fourth-order valence-corrected chi connectivity index (χ4v) is 3.28. The van der Waals surface area contributed by atoms with Crippen molar-refractivity contribution in [3.8, 4) is 0 Å². The van der Waals surface area contributed by atoms with Crippen LogP contribution in [0.15, 0.2) is 54.6 Å². The lowest BCUT2D eigenvalue weighted by Gasteiger charge is -2.26. The van der Waals surface area contributed by atoms with Crippen molar-refractivity contribution in [3.63, 3.8) is 0 Å². The summed E-state index contributed by atoms with van der Waals surface area (Å²) in [6, 6.07) is 17.2. The van der Waals surface area contributed by atoms with E-state index in [1.54, 1.807) is 12.1 Å². The van der Waals surface area contributed by atoms with Gasteiger partial charge in [0.25, 0.3) is 5.91 Å². The molecule has 0 saturated carbocycles. The van der Waals surface area contributed by atoms with Crippen LogP contribution in [-0.4, -0.2) is 66.2 Å². The number of rotatable bonds is 8. The van der Waals surface area contributed by atoms with Crippen molar-refractivity contribution in [2.45, 2.75) is 13.0 Å². The highest BCUT2D eigenvalue weighted by molar-refractivity contribution is 5.95. The van der Waals surface area contributed by atoms with Gasteiger partial charge < -0.3 is 14.7 Å². The molecule has 3 rings (SSSR count). The smallest absolute Gasteiger partial charge is 0.323 e. The predicted octanol–water partition coefficient (Wildman–Crippen LogP) is 2.29. The number of carboxylic acids is 1. The minimum absolute atomic E-state index is 0.253. The van der Waals surface area contributed by atoms with E-state index in [-0.39, 0.29) is 12.5 Å². The summed E-state index contributed by atoms with van der Waals surface area (Å²) in [6.07, 6.45) is 0.620. The van der Waals surface area contributed by atoms with Gasteiger partial charge in [-0.15, -0.1) is 0 Å². The first kappa shape index (κ1) is 20.0. The third-order valence-electron chi connectivity index (χ3n) is 4.84. The monoisotopic (exact) mass is 382 g/mol. The minimum Gasteiger partial charge on any atom is -0.480 e. The Morgan fingerprint density at radius 2 is 1.64 bits per heavy atom. The molecule has 1 fully saturated rings. The Labute approximate surface area is 165 Å². The van der Waals surface area contributed by atoms with Crippen LogP contribution < -0.4 is 0 Å². The molecule has 0 unspecified atom stereocenters. The first-order valence-electron chi connectivity index (χ1n) is 9.56. The Morgan fingerprint density at radius 3 is 2.29 bits per heavy atom. The predicted molar refractivity (Wildman–Crippen MR) is 106 cm³/mol. The molecular weight excluding hydrogens is 356 g/mol. The number of morpholine rings is 1. The molecule has 1 saturated heterocycles. The Morgan fingerprint density at radius 1 is 0.964 bits per heavy atom. The van der Waals surface area contributed by atoms with E-state index in [4.69, 9.17) is 4.74 Å². The maximum Gasteiger partial charge on any atom is 0.323 e. The van der Waals surface area contributed by atoms with Crippen molar-refractivity contribution in [1.29, 1.82) is 0 Å². The van der Waals surface area contributed by atoms with Crippen LogP contribution in [0.5, 0.6) is 0 Å². The molecule has 1 amide bonds. The molecule has 1 heterocycles. The van der Waals surface area contributed by atoms with Gasteiger partial charge in [-0.05, 0) is 29.7 Å². The van der Waals surface area contributed by atoms with Crippen molar-refractivity contribution in [2.24, 2.45) is 0 Å². The lowest BCUT2D eigenvalue weighted by Crippen LogP contribution is -2.37. The summed E-state index contributed by atoms with van der Waals surface area (Å²) in [4.78, 5) is 27.8. The highest BCUT2D eigenvalue weighted by Gasteiger charge is 2.19. The summed E-state index contributed by atoms with van der Waals surface area (Å²) in [5.74, 6) is -1.26. The number of carbonyl (C=O) groups is 2. The van der Waals surface area contributed by atoms with E-state index >= 15 is 0 Å². The zero-order chi connectivity index (χ0) is 19.8. The van der Waals surface area contributed by atoms with Gasteiger partial charge in [0.1, 0.15) is 6.54 Å². The average Bonchev–Trinajstić information content (AvgIpc) is 2.72. The number of carbonyl (C=O) groups excluding carboxylic acids is 1. The van der Waals surface area contributed by atoms with Crippen molar-refractivity contribution in [2.75, 3.05) is 39.4 Å². The van der Waals surface area contributed by atoms with Crippen LogP contribution in [0.3, 0.4) is 0 Å². The van der Waals surface area contributed by atoms with Gasteiger partial charge in [0, 0.05) is 31.7 Å². The summed E-state index contributed by atoms with van der Waals surface area (Å²) in [5.41, 5.74) is 2.72. The van der Waals surface area contributed by atoms with E-state index in [1.807, 2.05) is 42.5 Å². The number of amides is 1. The molecule has 0 aliphatic carbocycles. The van der Waals surface area contributed by atoms with Gasteiger partial charge in [-0.25, -0.2) is 0 Å². The van der Waals surface area contributed by atoms with Crippen molar-refractivity contribution in [1.82, 2.24) is 9.80 Å². The molecule has 2 aromatic carbocycles. The third-order valence-corrected chi connectivity index (χ3v) is 4.84. The van der Waals surface area contributed by atoms with Gasteiger partial charge in [-0.3, -0.25) is 14.5 Å². The second kappa shape index (κ2) is 10.0. The Balaban J connectivity index is 1.62. The number of ether oxygens (including phenoxy) is 1. The molecule has 0 atom stereocenters. The molecule has 2 aromatic rings. The molecule has 0 bridgehead atoms. The van der Waals surface area contributed by atoms with Crippen LogP contribution in [0.4, 0.5) is 0 Å². The molecule has 1 aliphatic rings. The summed E-state index contributed by atoms with van der Waals surface area (Å²) in [7, 11) is 0. The van der Waals surface area contributed by atoms with Gasteiger partial charge in [0.05, 0.1) is 13.2 Å². The lowest BCUT2D eigenvalue weighted by molar-refractivity contribution is -0.137. The van der Waals surface area contributed by atoms with Gasteiger partial charge >= 0.3 is 5.97 Å². The van der Waals surface area contributed by atoms with Crippen LogP contribution in [0.1, 0.15) is 21.5 Å². The lowest BCUT2D eigenvalue weighted by atomic mass is 10.1. The molecule has 28 heavy (non-hydrogen) atoms. The number of benzene rings is 2. The first-order valence-corrected chi connectivity index (χ1v) is 9.56. The molecule has 1 aliphatic heterocycles. The normalized spacial score (nSPS) is 14.6. The highest BCUT2D eigenvalue weighted by Crippen LogP contribution is 2.12. The van der Waals surface area contributed by atoms with Crippen LogP contribution in [0.25, 0.3) is 0 Å². The van der Waals surface area contributed by atoms with Gasteiger partial charge in [-0.2, -0.15) is 0 Å². The van der Waals surface area contributed by atoms with Crippen molar-refractivity contribution >= 4 is 11.9 Å². The molecule has 0 spiro atoms. The molecule has 0 aromatic heterocycles. The van der Waals surface area contributed by atoms with E-state index < -0.39 is 5.97 Å².